The van der Waals surface area contributed by atoms with Crippen molar-refractivity contribution in [3.8, 4) is 5.88 Å². The number of amides is 2. The number of nitrogens with one attached hydrogen (secondary N) is 1. The van der Waals surface area contributed by atoms with Crippen LogP contribution in [0, 0.1) is 12.7 Å². The number of aromatic nitrogens is 1. The molecule has 0 spiro atoms. The number of aryl methyl sites for hydroxylation is 1. The zero-order valence-corrected chi connectivity index (χ0v) is 20.4. The Balaban J connectivity index is 1.69. The Morgan fingerprint density at radius 1 is 1.08 bits per heavy atom. The summed E-state index contributed by atoms with van der Waals surface area (Å²) in [5, 5.41) is 2.86. The number of nitrogens with zero attached hydrogens (tertiary/aromatic N) is 2. The molecule has 6 nitrogen and oxygen atoms in total. The maximum absolute atomic E-state index is 14.3. The van der Waals surface area contributed by atoms with Gasteiger partial charge in [-0.2, -0.15) is 0 Å². The van der Waals surface area contributed by atoms with Crippen LogP contribution in [-0.2, 0) is 9.59 Å². The first kappa shape index (κ1) is 26.2. The fourth-order valence-corrected chi connectivity index (χ4v) is 4.46. The summed E-state index contributed by atoms with van der Waals surface area (Å²) >= 11 is 0. The summed E-state index contributed by atoms with van der Waals surface area (Å²) in [6.45, 7) is 1.34. The van der Waals surface area contributed by atoms with Crippen molar-refractivity contribution in [2.45, 2.75) is 50.6 Å². The van der Waals surface area contributed by atoms with E-state index in [-0.39, 0.29) is 37.3 Å². The zero-order valence-electron chi connectivity index (χ0n) is 20.4. The SMILES string of the molecule is Cc1ccccc1C(C(=O)NC1CCC(F)(F)CC1)N(C(=O)COc1ccccn1)c1cccc(F)c1. The summed E-state index contributed by atoms with van der Waals surface area (Å²) in [5.41, 5.74) is 1.42. The van der Waals surface area contributed by atoms with Gasteiger partial charge in [0.25, 0.3) is 5.91 Å². The summed E-state index contributed by atoms with van der Waals surface area (Å²) < 4.78 is 47.2. The number of ether oxygens (including phenoxy) is 1. The van der Waals surface area contributed by atoms with Crippen molar-refractivity contribution in [3.05, 3.63) is 89.9 Å². The van der Waals surface area contributed by atoms with E-state index in [1.807, 2.05) is 0 Å². The number of alkyl halides is 2. The minimum Gasteiger partial charge on any atom is -0.468 e. The Hall–Kier alpha value is -3.88. The van der Waals surface area contributed by atoms with E-state index in [1.54, 1.807) is 49.4 Å². The van der Waals surface area contributed by atoms with Gasteiger partial charge in [-0.15, -0.1) is 0 Å². The van der Waals surface area contributed by atoms with Gasteiger partial charge in [0, 0.05) is 36.8 Å². The molecule has 0 aliphatic heterocycles. The fourth-order valence-electron chi connectivity index (χ4n) is 4.46. The van der Waals surface area contributed by atoms with E-state index in [0.717, 1.165) is 5.56 Å². The molecule has 37 heavy (non-hydrogen) atoms. The Bertz CT molecular complexity index is 1230. The lowest BCUT2D eigenvalue weighted by Gasteiger charge is -2.35. The molecule has 1 N–H and O–H groups in total. The molecular formula is C28H28F3N3O3. The summed E-state index contributed by atoms with van der Waals surface area (Å²) in [4.78, 5) is 32.6. The molecule has 2 amide bonds. The van der Waals surface area contributed by atoms with Crippen LogP contribution >= 0.6 is 0 Å². The van der Waals surface area contributed by atoms with Crippen LogP contribution in [0.4, 0.5) is 18.9 Å². The second-order valence-electron chi connectivity index (χ2n) is 9.10. The molecule has 3 aromatic rings. The Morgan fingerprint density at radius 2 is 1.81 bits per heavy atom. The molecule has 1 saturated carbocycles. The summed E-state index contributed by atoms with van der Waals surface area (Å²) in [6.07, 6.45) is 1.11. The molecule has 1 unspecified atom stereocenters. The average Bonchev–Trinajstić information content (AvgIpc) is 2.88. The maximum Gasteiger partial charge on any atom is 0.265 e. The number of anilines is 1. The van der Waals surface area contributed by atoms with Crippen molar-refractivity contribution < 1.29 is 27.5 Å². The van der Waals surface area contributed by atoms with Gasteiger partial charge in [0.2, 0.25) is 17.7 Å². The molecule has 1 aliphatic rings. The highest BCUT2D eigenvalue weighted by atomic mass is 19.3. The standard InChI is InChI=1S/C28H28F3N3O3/c1-19-7-2-3-10-23(19)26(27(36)33-21-12-14-28(30,31)15-13-21)34(22-9-6-8-20(29)17-22)25(35)18-37-24-11-4-5-16-32-24/h2-11,16-17,21,26H,12-15,18H2,1H3,(H,33,36). The molecule has 1 heterocycles. The molecular weight excluding hydrogens is 483 g/mol. The largest absolute Gasteiger partial charge is 0.468 e. The van der Waals surface area contributed by atoms with Crippen LogP contribution < -0.4 is 15.0 Å². The third-order valence-corrected chi connectivity index (χ3v) is 6.39. The summed E-state index contributed by atoms with van der Waals surface area (Å²) in [7, 11) is 0. The highest BCUT2D eigenvalue weighted by molar-refractivity contribution is 6.02. The lowest BCUT2D eigenvalue weighted by Crippen LogP contribution is -2.49. The van der Waals surface area contributed by atoms with Gasteiger partial charge < -0.3 is 10.1 Å². The van der Waals surface area contributed by atoms with Crippen LogP contribution in [-0.4, -0.2) is 35.4 Å². The first-order chi connectivity index (χ1) is 17.7. The van der Waals surface area contributed by atoms with Crippen LogP contribution in [0.2, 0.25) is 0 Å². The van der Waals surface area contributed by atoms with E-state index < -0.39 is 42.2 Å². The van der Waals surface area contributed by atoms with Crippen LogP contribution in [0.3, 0.4) is 0 Å². The minimum absolute atomic E-state index is 0.121. The summed E-state index contributed by atoms with van der Waals surface area (Å²) in [5.74, 6) is -4.26. The first-order valence-electron chi connectivity index (χ1n) is 12.1. The number of carbonyl (C=O) groups excluding carboxylic acids is 2. The normalized spacial score (nSPS) is 16.0. The van der Waals surface area contributed by atoms with Gasteiger partial charge in [-0.05, 0) is 55.2 Å². The predicted molar refractivity (Wildman–Crippen MR) is 133 cm³/mol. The maximum atomic E-state index is 14.3. The quantitative estimate of drug-likeness (QED) is 0.441. The van der Waals surface area contributed by atoms with E-state index in [9.17, 15) is 22.8 Å². The lowest BCUT2D eigenvalue weighted by molar-refractivity contribution is -0.128. The molecule has 4 rings (SSSR count). The second-order valence-corrected chi connectivity index (χ2v) is 9.10. The number of halogens is 3. The monoisotopic (exact) mass is 511 g/mol. The number of hydrogen-bond donors (Lipinski definition) is 1. The third-order valence-electron chi connectivity index (χ3n) is 6.39. The Labute approximate surface area is 213 Å². The topological polar surface area (TPSA) is 71.5 Å². The molecule has 0 bridgehead atoms. The number of carbonyl (C=O) groups is 2. The highest BCUT2D eigenvalue weighted by Gasteiger charge is 2.38. The predicted octanol–water partition coefficient (Wildman–Crippen LogP) is 5.38. The molecule has 1 atom stereocenters. The van der Waals surface area contributed by atoms with Gasteiger partial charge >= 0.3 is 0 Å². The fraction of sp³-hybridized carbons (Fsp3) is 0.321. The highest BCUT2D eigenvalue weighted by Crippen LogP contribution is 2.35. The Morgan fingerprint density at radius 3 is 2.49 bits per heavy atom. The van der Waals surface area contributed by atoms with E-state index in [0.29, 0.717) is 5.56 Å². The first-order valence-corrected chi connectivity index (χ1v) is 12.1. The Kier molecular flexibility index (Phi) is 8.11. The van der Waals surface area contributed by atoms with Gasteiger partial charge in [-0.25, -0.2) is 18.2 Å². The number of hydrogen-bond acceptors (Lipinski definition) is 4. The minimum atomic E-state index is -2.75. The average molecular weight is 512 g/mol. The van der Waals surface area contributed by atoms with E-state index in [1.165, 1.54) is 35.4 Å². The van der Waals surface area contributed by atoms with Crippen molar-refractivity contribution in [1.82, 2.24) is 10.3 Å². The van der Waals surface area contributed by atoms with Gasteiger partial charge in [0.1, 0.15) is 11.9 Å². The molecule has 1 aliphatic carbocycles. The van der Waals surface area contributed by atoms with Crippen molar-refractivity contribution in [3.63, 3.8) is 0 Å². The number of pyridine rings is 1. The molecule has 1 fully saturated rings. The van der Waals surface area contributed by atoms with Crippen LogP contribution in [0.5, 0.6) is 5.88 Å². The number of rotatable bonds is 8. The molecule has 1 aromatic heterocycles. The molecule has 2 aromatic carbocycles. The van der Waals surface area contributed by atoms with E-state index in [2.05, 4.69) is 10.3 Å². The lowest BCUT2D eigenvalue weighted by atomic mass is 9.91. The zero-order chi connectivity index (χ0) is 26.4. The summed E-state index contributed by atoms with van der Waals surface area (Å²) in [6, 6.07) is 15.8. The molecule has 0 radical (unpaired) electrons. The van der Waals surface area contributed by atoms with Crippen molar-refractivity contribution in [2.75, 3.05) is 11.5 Å². The van der Waals surface area contributed by atoms with Crippen molar-refractivity contribution >= 4 is 17.5 Å². The van der Waals surface area contributed by atoms with Crippen molar-refractivity contribution in [1.29, 1.82) is 0 Å². The third kappa shape index (κ3) is 6.67. The molecule has 9 heteroatoms. The smallest absolute Gasteiger partial charge is 0.265 e. The van der Waals surface area contributed by atoms with Crippen LogP contribution in [0.25, 0.3) is 0 Å². The van der Waals surface area contributed by atoms with Gasteiger partial charge in [0.15, 0.2) is 6.61 Å². The van der Waals surface area contributed by atoms with Gasteiger partial charge in [-0.3, -0.25) is 14.5 Å². The van der Waals surface area contributed by atoms with Gasteiger partial charge in [0.05, 0.1) is 0 Å². The van der Waals surface area contributed by atoms with Crippen molar-refractivity contribution in [2.24, 2.45) is 0 Å². The van der Waals surface area contributed by atoms with Gasteiger partial charge in [-0.1, -0.05) is 36.4 Å². The van der Waals surface area contributed by atoms with Crippen LogP contribution in [0.15, 0.2) is 72.9 Å². The second kappa shape index (κ2) is 11.5. The van der Waals surface area contributed by atoms with E-state index >= 15 is 0 Å². The molecule has 0 saturated heterocycles. The van der Waals surface area contributed by atoms with Crippen LogP contribution in [0.1, 0.15) is 42.9 Å². The number of benzene rings is 2. The molecule has 194 valence electrons. The van der Waals surface area contributed by atoms with E-state index in [4.69, 9.17) is 4.74 Å².